The second-order valence-corrected chi connectivity index (χ2v) is 6.62. The van der Waals surface area contributed by atoms with Crippen molar-refractivity contribution in [1.29, 1.82) is 0 Å². The van der Waals surface area contributed by atoms with Gasteiger partial charge in [-0.05, 0) is 43.0 Å². The lowest BCUT2D eigenvalue weighted by Crippen LogP contribution is -2.21. The number of amides is 1. The average molecular weight is 357 g/mol. The zero-order chi connectivity index (χ0) is 18.5. The van der Waals surface area contributed by atoms with Crippen LogP contribution in [0.15, 0.2) is 36.5 Å². The highest BCUT2D eigenvalue weighted by Crippen LogP contribution is 2.20. The van der Waals surface area contributed by atoms with Gasteiger partial charge >= 0.3 is 5.97 Å². The molecule has 2 N–H and O–H groups in total. The van der Waals surface area contributed by atoms with Crippen LogP contribution in [0.1, 0.15) is 41.9 Å². The fourth-order valence-electron chi connectivity index (χ4n) is 2.97. The molecule has 2 aromatic rings. The van der Waals surface area contributed by atoms with Gasteiger partial charge in [0.2, 0.25) is 0 Å². The molecule has 1 aromatic carbocycles. The van der Waals surface area contributed by atoms with Gasteiger partial charge in [-0.2, -0.15) is 5.10 Å². The van der Waals surface area contributed by atoms with Gasteiger partial charge in [-0.25, -0.2) is 0 Å². The number of carboxylic acids is 1. The predicted octanol–water partition coefficient (Wildman–Crippen LogP) is 2.75. The first-order valence-corrected chi connectivity index (χ1v) is 8.79. The monoisotopic (exact) mass is 357 g/mol. The molecule has 0 bridgehead atoms. The zero-order valence-corrected chi connectivity index (χ0v) is 14.7. The first-order chi connectivity index (χ1) is 12.5. The highest BCUT2D eigenvalue weighted by Gasteiger charge is 2.18. The van der Waals surface area contributed by atoms with Crippen LogP contribution in [0.25, 0.3) is 0 Å². The van der Waals surface area contributed by atoms with Crippen LogP contribution in [0.2, 0.25) is 0 Å². The normalized spacial score (nSPS) is 16.2. The summed E-state index contributed by atoms with van der Waals surface area (Å²) in [6, 6.07) is 9.20. The molecule has 0 aliphatic carbocycles. The lowest BCUT2D eigenvalue weighted by atomic mass is 10.0. The highest BCUT2D eigenvalue weighted by atomic mass is 16.5. The number of benzene rings is 1. The van der Waals surface area contributed by atoms with Crippen LogP contribution in [0.5, 0.6) is 0 Å². The van der Waals surface area contributed by atoms with Crippen LogP contribution in [0, 0.1) is 5.92 Å². The van der Waals surface area contributed by atoms with Crippen LogP contribution in [-0.4, -0.2) is 40.0 Å². The zero-order valence-electron chi connectivity index (χ0n) is 14.7. The summed E-state index contributed by atoms with van der Waals surface area (Å²) in [7, 11) is 0. The van der Waals surface area contributed by atoms with E-state index in [-0.39, 0.29) is 11.9 Å². The summed E-state index contributed by atoms with van der Waals surface area (Å²) in [6.07, 6.45) is 4.10. The molecule has 1 saturated heterocycles. The minimum absolute atomic E-state index is 0.262. The molecule has 7 nitrogen and oxygen atoms in total. The molecule has 2 heterocycles. The van der Waals surface area contributed by atoms with Gasteiger partial charge in [0.1, 0.15) is 0 Å². The van der Waals surface area contributed by atoms with Gasteiger partial charge in [0.05, 0.1) is 12.0 Å². The predicted molar refractivity (Wildman–Crippen MR) is 96.2 cm³/mol. The number of aliphatic carboxylic acids is 1. The Bertz CT molecular complexity index is 763. The van der Waals surface area contributed by atoms with Crippen LogP contribution < -0.4 is 5.32 Å². The number of carboxylic acid groups (broad SMARTS) is 1. The van der Waals surface area contributed by atoms with E-state index in [1.165, 1.54) is 0 Å². The van der Waals surface area contributed by atoms with E-state index in [0.29, 0.717) is 17.8 Å². The van der Waals surface area contributed by atoms with Gasteiger partial charge < -0.3 is 15.2 Å². The van der Waals surface area contributed by atoms with Gasteiger partial charge in [-0.3, -0.25) is 14.3 Å². The molecule has 1 unspecified atom stereocenters. The summed E-state index contributed by atoms with van der Waals surface area (Å²) in [5.74, 6) is -1.52. The van der Waals surface area contributed by atoms with Crippen LogP contribution in [0.3, 0.4) is 0 Å². The molecule has 26 heavy (non-hydrogen) atoms. The summed E-state index contributed by atoms with van der Waals surface area (Å²) in [4.78, 5) is 23.3. The van der Waals surface area contributed by atoms with Crippen molar-refractivity contribution in [2.24, 2.45) is 5.92 Å². The quantitative estimate of drug-likeness (QED) is 0.829. The second kappa shape index (κ2) is 8.14. The van der Waals surface area contributed by atoms with Crippen molar-refractivity contribution in [3.8, 4) is 0 Å². The van der Waals surface area contributed by atoms with Gasteiger partial charge in [0.15, 0.2) is 5.69 Å². The van der Waals surface area contributed by atoms with Gasteiger partial charge in [-0.1, -0.05) is 19.1 Å². The molecule has 1 amide bonds. The number of nitrogens with zero attached hydrogens (tertiary/aromatic N) is 2. The van der Waals surface area contributed by atoms with Crippen molar-refractivity contribution >= 4 is 17.6 Å². The Morgan fingerprint density at radius 1 is 1.27 bits per heavy atom. The lowest BCUT2D eigenvalue weighted by molar-refractivity contribution is -0.141. The van der Waals surface area contributed by atoms with E-state index in [0.717, 1.165) is 31.6 Å². The number of hydrogen-bond donors (Lipinski definition) is 2. The van der Waals surface area contributed by atoms with E-state index < -0.39 is 11.9 Å². The Morgan fingerprint density at radius 2 is 1.96 bits per heavy atom. The largest absolute Gasteiger partial charge is 0.481 e. The van der Waals surface area contributed by atoms with Crippen molar-refractivity contribution < 1.29 is 19.4 Å². The van der Waals surface area contributed by atoms with Crippen molar-refractivity contribution in [3.63, 3.8) is 0 Å². The van der Waals surface area contributed by atoms with E-state index in [1.54, 1.807) is 25.1 Å². The molecule has 1 aliphatic rings. The Balaban J connectivity index is 1.59. The number of aromatic nitrogens is 2. The minimum atomic E-state index is -0.817. The molecule has 1 aliphatic heterocycles. The smallest absolute Gasteiger partial charge is 0.306 e. The molecule has 3 rings (SSSR count). The summed E-state index contributed by atoms with van der Waals surface area (Å²) in [5.41, 5.74) is 1.95. The first kappa shape index (κ1) is 18.1. The molecular weight excluding hydrogens is 334 g/mol. The minimum Gasteiger partial charge on any atom is -0.481 e. The third-order valence-electron chi connectivity index (χ3n) is 4.58. The van der Waals surface area contributed by atoms with Gasteiger partial charge in [0, 0.05) is 25.1 Å². The topological polar surface area (TPSA) is 93.5 Å². The van der Waals surface area contributed by atoms with Crippen molar-refractivity contribution in [2.75, 3.05) is 18.5 Å². The summed E-state index contributed by atoms with van der Waals surface area (Å²) < 4.78 is 7.19. The van der Waals surface area contributed by atoms with Crippen LogP contribution in [0.4, 0.5) is 5.69 Å². The molecule has 1 atom stereocenters. The Morgan fingerprint density at radius 3 is 2.62 bits per heavy atom. The lowest BCUT2D eigenvalue weighted by Gasteiger charge is -2.22. The Hall–Kier alpha value is -2.67. The van der Waals surface area contributed by atoms with E-state index in [9.17, 15) is 9.59 Å². The fourth-order valence-corrected chi connectivity index (χ4v) is 2.97. The maximum absolute atomic E-state index is 12.4. The SMILES string of the molecule is CC(Cc1ccc(NC(=O)c2ccn(C3CCOCC3)n2)cc1)C(=O)O. The molecular formula is C19H23N3O4. The summed E-state index contributed by atoms with van der Waals surface area (Å²) in [5, 5.41) is 16.2. The summed E-state index contributed by atoms with van der Waals surface area (Å²) in [6.45, 7) is 3.12. The fraction of sp³-hybridized carbons (Fsp3) is 0.421. The highest BCUT2D eigenvalue weighted by molar-refractivity contribution is 6.02. The van der Waals surface area contributed by atoms with Gasteiger partial charge in [0.25, 0.3) is 5.91 Å². The number of nitrogens with one attached hydrogen (secondary N) is 1. The number of carbonyl (C=O) groups is 2. The maximum Gasteiger partial charge on any atom is 0.306 e. The van der Waals surface area contributed by atoms with E-state index in [2.05, 4.69) is 10.4 Å². The summed E-state index contributed by atoms with van der Waals surface area (Å²) >= 11 is 0. The number of anilines is 1. The number of carbonyl (C=O) groups excluding carboxylic acids is 1. The van der Waals surface area contributed by atoms with Crippen molar-refractivity contribution in [1.82, 2.24) is 9.78 Å². The number of rotatable bonds is 6. The molecule has 0 radical (unpaired) electrons. The van der Waals surface area contributed by atoms with Gasteiger partial charge in [-0.15, -0.1) is 0 Å². The molecule has 138 valence electrons. The van der Waals surface area contributed by atoms with Crippen molar-refractivity contribution in [2.45, 2.75) is 32.2 Å². The number of hydrogen-bond acceptors (Lipinski definition) is 4. The molecule has 7 heteroatoms. The third kappa shape index (κ3) is 4.49. The standard InChI is InChI=1S/C19H23N3O4/c1-13(19(24)25)12-14-2-4-15(5-3-14)20-18(23)17-6-9-22(21-17)16-7-10-26-11-8-16/h2-6,9,13,16H,7-8,10-12H2,1H3,(H,20,23)(H,24,25). The maximum atomic E-state index is 12.4. The molecule has 0 saturated carbocycles. The van der Waals surface area contributed by atoms with E-state index >= 15 is 0 Å². The molecule has 0 spiro atoms. The second-order valence-electron chi connectivity index (χ2n) is 6.62. The van der Waals surface area contributed by atoms with Crippen molar-refractivity contribution in [3.05, 3.63) is 47.8 Å². The Kier molecular flexibility index (Phi) is 5.68. The molecule has 1 aromatic heterocycles. The third-order valence-corrected chi connectivity index (χ3v) is 4.58. The van der Waals surface area contributed by atoms with Crippen LogP contribution >= 0.6 is 0 Å². The first-order valence-electron chi connectivity index (χ1n) is 8.79. The molecule has 1 fully saturated rings. The van der Waals surface area contributed by atoms with E-state index in [4.69, 9.17) is 9.84 Å². The number of ether oxygens (including phenoxy) is 1. The average Bonchev–Trinajstić information content (AvgIpc) is 3.14. The Labute approximate surface area is 152 Å². The van der Waals surface area contributed by atoms with E-state index in [1.807, 2.05) is 23.0 Å². The van der Waals surface area contributed by atoms with Crippen LogP contribution in [-0.2, 0) is 16.0 Å².